The first-order valence-electron chi connectivity index (χ1n) is 11.1. The first-order valence-corrected chi connectivity index (χ1v) is 12.6. The van der Waals surface area contributed by atoms with E-state index in [9.17, 15) is 4.57 Å². The summed E-state index contributed by atoms with van der Waals surface area (Å²) in [7, 11) is -4.02. The van der Waals surface area contributed by atoms with E-state index in [2.05, 4.69) is 47.6 Å². The lowest BCUT2D eigenvalue weighted by atomic mass is 9.95. The quantitative estimate of drug-likeness (QED) is 0.305. The van der Waals surface area contributed by atoms with Crippen LogP contribution in [0.15, 0.2) is 72.8 Å². The summed E-state index contributed by atoms with van der Waals surface area (Å²) < 4.78 is 31.5. The van der Waals surface area contributed by atoms with Gasteiger partial charge in [0.15, 0.2) is 0 Å². The molecule has 0 heterocycles. The molecule has 0 spiro atoms. The number of phosphoric acid groups is 1. The second-order valence-electron chi connectivity index (χ2n) is 8.90. The summed E-state index contributed by atoms with van der Waals surface area (Å²) in [4.78, 5) is 0. The maximum atomic E-state index is 13.8. The molecular weight excluding hydrogens is 419 g/mol. The first kappa shape index (κ1) is 23.9. The Morgan fingerprint density at radius 1 is 0.531 bits per heavy atom. The molecule has 0 aliphatic carbocycles. The molecule has 0 bridgehead atoms. The zero-order valence-corrected chi connectivity index (χ0v) is 20.6. The van der Waals surface area contributed by atoms with Crippen molar-refractivity contribution in [2.45, 2.75) is 59.3 Å². The molecule has 0 fully saturated rings. The lowest BCUT2D eigenvalue weighted by Gasteiger charge is -2.21. The minimum absolute atomic E-state index is 0.301. The molecule has 0 saturated heterocycles. The van der Waals surface area contributed by atoms with Crippen molar-refractivity contribution in [2.24, 2.45) is 0 Å². The highest BCUT2D eigenvalue weighted by Gasteiger charge is 2.33. The molecule has 3 aromatic carbocycles. The smallest absolute Gasteiger partial charge is 0.386 e. The van der Waals surface area contributed by atoms with E-state index in [0.717, 1.165) is 11.1 Å². The van der Waals surface area contributed by atoms with Gasteiger partial charge in [0, 0.05) is 0 Å². The van der Waals surface area contributed by atoms with Crippen molar-refractivity contribution in [2.75, 3.05) is 0 Å². The molecule has 5 heteroatoms. The number of hydrogen-bond donors (Lipinski definition) is 0. The van der Waals surface area contributed by atoms with Crippen LogP contribution in [0.3, 0.4) is 0 Å². The Morgan fingerprint density at radius 3 is 1.44 bits per heavy atom. The van der Waals surface area contributed by atoms with E-state index in [1.165, 1.54) is 5.56 Å². The SMILES string of the molecule is CC(C)c1ccc(OP(=O)(Oc2ccccc2)Oc2cc(C(C)C)cc(C(C)C)c2)cc1. The van der Waals surface area contributed by atoms with E-state index in [-0.39, 0.29) is 0 Å². The first-order chi connectivity index (χ1) is 15.1. The molecule has 0 aliphatic heterocycles. The molecule has 4 nitrogen and oxygen atoms in total. The fraction of sp³-hybridized carbons (Fsp3) is 0.333. The molecule has 0 radical (unpaired) electrons. The van der Waals surface area contributed by atoms with E-state index < -0.39 is 7.82 Å². The van der Waals surface area contributed by atoms with Crippen LogP contribution in [0, 0.1) is 0 Å². The van der Waals surface area contributed by atoms with E-state index in [1.807, 2.05) is 42.5 Å². The summed E-state index contributed by atoms with van der Waals surface area (Å²) in [6.07, 6.45) is 0. The summed E-state index contributed by atoms with van der Waals surface area (Å²) in [6.45, 7) is 12.7. The van der Waals surface area contributed by atoms with Gasteiger partial charge in [0.1, 0.15) is 17.2 Å². The molecule has 1 atom stereocenters. The number of benzene rings is 3. The Morgan fingerprint density at radius 2 is 0.969 bits per heavy atom. The normalized spacial score (nSPS) is 13.3. The standard InChI is InChI=1S/C27H33O4P/c1-19(2)22-12-14-26(15-13-22)30-32(28,29-25-10-8-7-9-11-25)31-27-17-23(20(3)4)16-24(18-27)21(5)6/h7-21H,1-6H3. The van der Waals surface area contributed by atoms with Gasteiger partial charge in [-0.25, -0.2) is 0 Å². The van der Waals surface area contributed by atoms with Crippen LogP contribution in [0.1, 0.15) is 76.0 Å². The molecule has 0 aliphatic rings. The van der Waals surface area contributed by atoms with Crippen LogP contribution in [0.5, 0.6) is 17.2 Å². The van der Waals surface area contributed by atoms with Crippen molar-refractivity contribution in [3.8, 4) is 17.2 Å². The van der Waals surface area contributed by atoms with E-state index in [0.29, 0.717) is 35.0 Å². The van der Waals surface area contributed by atoms with Crippen LogP contribution in [0.4, 0.5) is 0 Å². The molecule has 170 valence electrons. The second kappa shape index (κ2) is 10.3. The number of para-hydroxylation sites is 1. The molecular formula is C27H33O4P. The summed E-state index contributed by atoms with van der Waals surface area (Å²) in [6, 6.07) is 22.4. The van der Waals surface area contributed by atoms with Gasteiger partial charge in [-0.3, -0.25) is 0 Å². The van der Waals surface area contributed by atoms with Gasteiger partial charge in [0.2, 0.25) is 0 Å². The zero-order valence-electron chi connectivity index (χ0n) is 19.7. The van der Waals surface area contributed by atoms with Crippen LogP contribution in [-0.4, -0.2) is 0 Å². The molecule has 0 N–H and O–H groups in total. The van der Waals surface area contributed by atoms with Crippen LogP contribution in [0.25, 0.3) is 0 Å². The second-order valence-corrected chi connectivity index (χ2v) is 10.3. The zero-order chi connectivity index (χ0) is 23.3. The van der Waals surface area contributed by atoms with Crippen LogP contribution in [-0.2, 0) is 4.57 Å². The van der Waals surface area contributed by atoms with Crippen molar-refractivity contribution in [1.29, 1.82) is 0 Å². The van der Waals surface area contributed by atoms with Crippen molar-refractivity contribution >= 4 is 7.82 Å². The topological polar surface area (TPSA) is 44.8 Å². The molecule has 3 rings (SSSR count). The molecule has 0 aromatic heterocycles. The van der Waals surface area contributed by atoms with Gasteiger partial charge in [-0.05, 0) is 70.8 Å². The molecule has 32 heavy (non-hydrogen) atoms. The Kier molecular flexibility index (Phi) is 7.69. The molecule has 0 saturated carbocycles. The van der Waals surface area contributed by atoms with Crippen molar-refractivity contribution in [3.63, 3.8) is 0 Å². The minimum atomic E-state index is -4.02. The van der Waals surface area contributed by atoms with Gasteiger partial charge in [-0.2, -0.15) is 4.57 Å². The Labute approximate surface area is 192 Å². The number of phosphoric ester groups is 1. The van der Waals surface area contributed by atoms with Gasteiger partial charge >= 0.3 is 7.82 Å². The van der Waals surface area contributed by atoms with Gasteiger partial charge in [0.05, 0.1) is 0 Å². The van der Waals surface area contributed by atoms with Gasteiger partial charge < -0.3 is 13.6 Å². The highest BCUT2D eigenvalue weighted by molar-refractivity contribution is 7.49. The summed E-state index contributed by atoms with van der Waals surface area (Å²) in [5, 5.41) is 0. The average Bonchev–Trinajstić information content (AvgIpc) is 2.74. The highest BCUT2D eigenvalue weighted by Crippen LogP contribution is 2.50. The van der Waals surface area contributed by atoms with E-state index >= 15 is 0 Å². The number of hydrogen-bond acceptors (Lipinski definition) is 4. The van der Waals surface area contributed by atoms with Crippen molar-refractivity contribution in [3.05, 3.63) is 89.5 Å². The Hall–Kier alpha value is -2.71. The monoisotopic (exact) mass is 452 g/mol. The molecule has 1 unspecified atom stereocenters. The van der Waals surface area contributed by atoms with Gasteiger partial charge in [0.25, 0.3) is 0 Å². The predicted molar refractivity (Wildman–Crippen MR) is 131 cm³/mol. The van der Waals surface area contributed by atoms with Crippen LogP contribution >= 0.6 is 7.82 Å². The number of rotatable bonds is 9. The minimum Gasteiger partial charge on any atom is -0.386 e. The van der Waals surface area contributed by atoms with Crippen molar-refractivity contribution in [1.82, 2.24) is 0 Å². The Bertz CT molecular complexity index is 1030. The fourth-order valence-corrected chi connectivity index (χ4v) is 4.44. The lowest BCUT2D eigenvalue weighted by molar-refractivity contribution is 0.298. The fourth-order valence-electron chi connectivity index (χ4n) is 3.20. The predicted octanol–water partition coefficient (Wildman–Crippen LogP) is 8.70. The summed E-state index contributed by atoms with van der Waals surface area (Å²) in [5.41, 5.74) is 3.39. The summed E-state index contributed by atoms with van der Waals surface area (Å²) in [5.74, 6) is 2.31. The third-order valence-electron chi connectivity index (χ3n) is 5.23. The van der Waals surface area contributed by atoms with Crippen LogP contribution < -0.4 is 13.6 Å². The average molecular weight is 453 g/mol. The largest absolute Gasteiger partial charge is 0.647 e. The summed E-state index contributed by atoms with van der Waals surface area (Å²) >= 11 is 0. The third-order valence-corrected chi connectivity index (χ3v) is 6.53. The Balaban J connectivity index is 1.96. The maximum Gasteiger partial charge on any atom is 0.647 e. The lowest BCUT2D eigenvalue weighted by Crippen LogP contribution is -2.08. The van der Waals surface area contributed by atoms with Crippen LogP contribution in [0.2, 0.25) is 0 Å². The third kappa shape index (κ3) is 6.40. The van der Waals surface area contributed by atoms with Gasteiger partial charge in [-0.15, -0.1) is 0 Å². The maximum absolute atomic E-state index is 13.8. The van der Waals surface area contributed by atoms with E-state index in [4.69, 9.17) is 13.6 Å². The highest BCUT2D eigenvalue weighted by atomic mass is 31.2. The van der Waals surface area contributed by atoms with Gasteiger partial charge in [-0.1, -0.05) is 77.9 Å². The molecule has 0 amide bonds. The van der Waals surface area contributed by atoms with Crippen molar-refractivity contribution < 1.29 is 18.1 Å². The van der Waals surface area contributed by atoms with E-state index in [1.54, 1.807) is 24.3 Å². The molecule has 3 aromatic rings.